The first-order valence-electron chi connectivity index (χ1n) is 12.2. The van der Waals surface area contributed by atoms with Crippen molar-refractivity contribution in [2.24, 2.45) is 11.1 Å². The molecular weight excluding hydrogens is 468 g/mol. The van der Waals surface area contributed by atoms with E-state index in [0.29, 0.717) is 35.8 Å². The second-order valence-electron chi connectivity index (χ2n) is 10.0. The lowest BCUT2D eigenvalue weighted by atomic mass is 9.94. The van der Waals surface area contributed by atoms with Crippen molar-refractivity contribution in [2.45, 2.75) is 33.2 Å². The molecule has 0 spiro atoms. The summed E-state index contributed by atoms with van der Waals surface area (Å²) in [6, 6.07) is 20.7. The number of hydrogen-bond donors (Lipinski definition) is 3. The number of nitrogens with one attached hydrogen (secondary N) is 2. The average molecular weight is 501 g/mol. The normalized spacial score (nSPS) is 15.3. The molecule has 0 bridgehead atoms. The van der Waals surface area contributed by atoms with Crippen molar-refractivity contribution in [3.8, 4) is 5.75 Å². The van der Waals surface area contributed by atoms with Gasteiger partial charge in [-0.1, -0.05) is 61.9 Å². The van der Waals surface area contributed by atoms with Gasteiger partial charge in [-0.3, -0.25) is 14.5 Å². The van der Waals surface area contributed by atoms with Gasteiger partial charge in [-0.2, -0.15) is 0 Å². The maximum atomic E-state index is 13.6. The fourth-order valence-electron chi connectivity index (χ4n) is 4.04. The van der Waals surface area contributed by atoms with Crippen LogP contribution in [0.4, 0.5) is 16.2 Å². The zero-order valence-corrected chi connectivity index (χ0v) is 21.3. The molecule has 0 aliphatic carbocycles. The van der Waals surface area contributed by atoms with Crippen molar-refractivity contribution in [1.82, 2.24) is 5.32 Å². The summed E-state index contributed by atoms with van der Waals surface area (Å²) in [6.45, 7) is 6.72. The minimum absolute atomic E-state index is 0.0217. The van der Waals surface area contributed by atoms with Gasteiger partial charge in [0.15, 0.2) is 0 Å². The van der Waals surface area contributed by atoms with E-state index in [-0.39, 0.29) is 23.7 Å². The number of benzene rings is 3. The largest absolute Gasteiger partial charge is 0.420 e. The number of hydrogen-bond acceptors (Lipinski definition) is 5. The number of nitrogens with two attached hydrogens (primary N) is 1. The first kappa shape index (κ1) is 25.9. The molecule has 8 nitrogen and oxygen atoms in total. The van der Waals surface area contributed by atoms with E-state index in [1.54, 1.807) is 42.5 Å². The lowest BCUT2D eigenvalue weighted by Gasteiger charge is -2.30. The zero-order chi connectivity index (χ0) is 26.6. The van der Waals surface area contributed by atoms with Gasteiger partial charge in [0.2, 0.25) is 5.91 Å². The van der Waals surface area contributed by atoms with Gasteiger partial charge in [0, 0.05) is 12.1 Å². The first-order chi connectivity index (χ1) is 17.7. The fraction of sp³-hybridized carbons (Fsp3) is 0.276. The van der Waals surface area contributed by atoms with Crippen LogP contribution in [0.25, 0.3) is 0 Å². The Bertz CT molecular complexity index is 1290. The highest BCUT2D eigenvalue weighted by molar-refractivity contribution is 6.05. The van der Waals surface area contributed by atoms with Crippen LogP contribution in [0.3, 0.4) is 0 Å². The van der Waals surface area contributed by atoms with E-state index in [0.717, 1.165) is 11.1 Å². The molecule has 8 heteroatoms. The zero-order valence-electron chi connectivity index (χ0n) is 21.3. The third-order valence-electron chi connectivity index (χ3n) is 6.37. The van der Waals surface area contributed by atoms with Crippen LogP contribution in [-0.4, -0.2) is 31.0 Å². The number of para-hydroxylation sites is 1. The topological polar surface area (TPSA) is 114 Å². The van der Waals surface area contributed by atoms with Crippen molar-refractivity contribution in [3.05, 3.63) is 89.5 Å². The number of carbonyl (C=O) groups excluding carboxylic acids is 3. The molecule has 3 aromatic carbocycles. The maximum Gasteiger partial charge on any atom is 0.420 e. The molecule has 1 unspecified atom stereocenters. The Morgan fingerprint density at radius 2 is 1.78 bits per heavy atom. The highest BCUT2D eigenvalue weighted by atomic mass is 16.6. The number of amides is 3. The Hall–Kier alpha value is -4.17. The molecule has 0 saturated heterocycles. The third-order valence-corrected chi connectivity index (χ3v) is 6.37. The predicted octanol–water partition coefficient (Wildman–Crippen LogP) is 4.80. The molecule has 0 radical (unpaired) electrons. The number of nitrogens with zero attached hydrogens (tertiary/aromatic N) is 1. The summed E-state index contributed by atoms with van der Waals surface area (Å²) in [5, 5.41) is 5.77. The number of carbonyl (C=O) groups is 3. The van der Waals surface area contributed by atoms with Crippen LogP contribution >= 0.6 is 0 Å². The van der Waals surface area contributed by atoms with Crippen LogP contribution < -0.4 is 26.0 Å². The van der Waals surface area contributed by atoms with Gasteiger partial charge in [0.05, 0.1) is 23.8 Å². The number of ether oxygens (including phenoxy) is 1. The molecule has 0 fully saturated rings. The molecule has 192 valence electrons. The summed E-state index contributed by atoms with van der Waals surface area (Å²) in [6.07, 6.45) is -0.607. The molecule has 1 atom stereocenters. The molecule has 1 aliphatic heterocycles. The van der Waals surface area contributed by atoms with Crippen LogP contribution in [0.2, 0.25) is 0 Å². The van der Waals surface area contributed by atoms with Crippen LogP contribution in [0, 0.1) is 12.3 Å². The summed E-state index contributed by atoms with van der Waals surface area (Å²) in [5.74, 6) is -0.182. The van der Waals surface area contributed by atoms with E-state index in [2.05, 4.69) is 10.6 Å². The molecule has 1 aliphatic rings. The number of aryl methyl sites for hydroxylation is 1. The minimum atomic E-state index is -0.628. The summed E-state index contributed by atoms with van der Waals surface area (Å²) in [5.41, 5.74) is 8.54. The van der Waals surface area contributed by atoms with Gasteiger partial charge in [0.1, 0.15) is 5.75 Å². The summed E-state index contributed by atoms with van der Waals surface area (Å²) < 4.78 is 5.70. The van der Waals surface area contributed by atoms with Crippen LogP contribution in [0.5, 0.6) is 5.75 Å². The van der Waals surface area contributed by atoms with E-state index >= 15 is 0 Å². The molecule has 1 heterocycles. The van der Waals surface area contributed by atoms with Gasteiger partial charge in [-0.05, 0) is 54.8 Å². The Labute approximate surface area is 216 Å². The number of fused-ring (bicyclic) bond motifs is 1. The predicted molar refractivity (Wildman–Crippen MR) is 144 cm³/mol. The minimum Gasteiger partial charge on any atom is -0.410 e. The summed E-state index contributed by atoms with van der Waals surface area (Å²) in [4.78, 5) is 40.9. The van der Waals surface area contributed by atoms with Crippen molar-refractivity contribution < 1.29 is 19.1 Å². The van der Waals surface area contributed by atoms with E-state index in [1.807, 2.05) is 51.1 Å². The monoisotopic (exact) mass is 500 g/mol. The summed E-state index contributed by atoms with van der Waals surface area (Å²) >= 11 is 0. The van der Waals surface area contributed by atoms with E-state index in [9.17, 15) is 14.4 Å². The quantitative estimate of drug-likeness (QED) is 0.450. The van der Waals surface area contributed by atoms with Crippen LogP contribution in [-0.2, 0) is 4.79 Å². The molecule has 4 N–H and O–H groups in total. The molecule has 0 aromatic heterocycles. The smallest absolute Gasteiger partial charge is 0.410 e. The molecule has 3 aromatic rings. The summed E-state index contributed by atoms with van der Waals surface area (Å²) in [7, 11) is 0. The first-order valence-corrected chi connectivity index (χ1v) is 12.2. The van der Waals surface area contributed by atoms with Gasteiger partial charge in [-0.25, -0.2) is 4.79 Å². The van der Waals surface area contributed by atoms with Crippen LogP contribution in [0.15, 0.2) is 72.8 Å². The molecule has 0 saturated carbocycles. The molecule has 37 heavy (non-hydrogen) atoms. The fourth-order valence-corrected chi connectivity index (χ4v) is 4.04. The van der Waals surface area contributed by atoms with Crippen molar-refractivity contribution in [2.75, 3.05) is 23.3 Å². The highest BCUT2D eigenvalue weighted by Gasteiger charge is 2.35. The van der Waals surface area contributed by atoms with Crippen molar-refractivity contribution >= 4 is 29.3 Å². The number of rotatable bonds is 6. The van der Waals surface area contributed by atoms with E-state index in [1.165, 1.54) is 4.90 Å². The third kappa shape index (κ3) is 6.16. The second-order valence-corrected chi connectivity index (χ2v) is 10.0. The van der Waals surface area contributed by atoms with E-state index in [4.69, 9.17) is 10.5 Å². The van der Waals surface area contributed by atoms with Gasteiger partial charge < -0.3 is 21.1 Å². The van der Waals surface area contributed by atoms with Crippen LogP contribution in [0.1, 0.15) is 47.8 Å². The second kappa shape index (κ2) is 10.8. The van der Waals surface area contributed by atoms with Gasteiger partial charge in [0.25, 0.3) is 5.91 Å². The standard InChI is InChI=1S/C29H32N4O4/c1-19-9-11-20(12-10-19)25-16-26(34)32-23-15-21(27(35)31-18-29(2,3)17-30)13-14-24(23)33(25)28(36)37-22-7-5-4-6-8-22/h4-15,25H,16-18,30H2,1-3H3,(H,31,35)(H,32,34). The molecule has 4 rings (SSSR count). The molecule has 3 amide bonds. The Morgan fingerprint density at radius 3 is 2.46 bits per heavy atom. The lowest BCUT2D eigenvalue weighted by Crippen LogP contribution is -2.38. The lowest BCUT2D eigenvalue weighted by molar-refractivity contribution is -0.116. The Morgan fingerprint density at radius 1 is 1.08 bits per heavy atom. The van der Waals surface area contributed by atoms with Crippen molar-refractivity contribution in [1.29, 1.82) is 0 Å². The maximum absolute atomic E-state index is 13.6. The highest BCUT2D eigenvalue weighted by Crippen LogP contribution is 2.39. The SMILES string of the molecule is Cc1ccc(C2CC(=O)Nc3cc(C(=O)NCC(C)(C)CN)ccc3N2C(=O)Oc2ccccc2)cc1. The Kier molecular flexibility index (Phi) is 7.59. The number of anilines is 2. The van der Waals surface area contributed by atoms with Crippen molar-refractivity contribution in [3.63, 3.8) is 0 Å². The average Bonchev–Trinajstić information content (AvgIpc) is 3.03. The Balaban J connectivity index is 1.72. The van der Waals surface area contributed by atoms with E-state index < -0.39 is 12.1 Å². The van der Waals surface area contributed by atoms with Gasteiger partial charge >= 0.3 is 6.09 Å². The molecular formula is C29H32N4O4. The van der Waals surface area contributed by atoms with Gasteiger partial charge in [-0.15, -0.1) is 0 Å².